The van der Waals surface area contributed by atoms with E-state index in [0.717, 1.165) is 44.7 Å². The quantitative estimate of drug-likeness (QED) is 0.687. The number of hydrogen-bond acceptors (Lipinski definition) is 3. The van der Waals surface area contributed by atoms with Crippen molar-refractivity contribution in [3.8, 4) is 0 Å². The average molecular weight is 269 g/mol. The molecule has 0 bridgehead atoms. The van der Waals surface area contributed by atoms with E-state index in [4.69, 9.17) is 9.47 Å². The third-order valence-electron chi connectivity index (χ3n) is 4.63. The molecule has 0 radical (unpaired) electrons. The first kappa shape index (κ1) is 15.3. The Labute approximate surface area is 118 Å². The molecule has 2 aliphatic rings. The van der Waals surface area contributed by atoms with E-state index in [2.05, 4.69) is 12.2 Å². The van der Waals surface area contributed by atoms with Crippen LogP contribution in [0.25, 0.3) is 0 Å². The van der Waals surface area contributed by atoms with Crippen molar-refractivity contribution in [2.24, 2.45) is 5.92 Å². The van der Waals surface area contributed by atoms with Gasteiger partial charge in [-0.05, 0) is 44.6 Å². The highest BCUT2D eigenvalue weighted by molar-refractivity contribution is 4.79. The summed E-state index contributed by atoms with van der Waals surface area (Å²) >= 11 is 0. The molecule has 1 saturated carbocycles. The van der Waals surface area contributed by atoms with Crippen LogP contribution >= 0.6 is 0 Å². The number of ether oxygens (including phenoxy) is 2. The number of rotatable bonds is 8. The molecule has 0 spiro atoms. The Bertz CT molecular complexity index is 229. The van der Waals surface area contributed by atoms with E-state index in [-0.39, 0.29) is 0 Å². The van der Waals surface area contributed by atoms with Gasteiger partial charge in [0, 0.05) is 19.3 Å². The molecule has 112 valence electrons. The Hall–Kier alpha value is -0.120. The second-order valence-corrected chi connectivity index (χ2v) is 6.08. The van der Waals surface area contributed by atoms with Gasteiger partial charge in [0.1, 0.15) is 0 Å². The van der Waals surface area contributed by atoms with Gasteiger partial charge in [-0.25, -0.2) is 0 Å². The third-order valence-corrected chi connectivity index (χ3v) is 4.63. The van der Waals surface area contributed by atoms with Gasteiger partial charge in [0.15, 0.2) is 0 Å². The molecular weight excluding hydrogens is 238 g/mol. The highest BCUT2D eigenvalue weighted by Crippen LogP contribution is 2.26. The van der Waals surface area contributed by atoms with Crippen LogP contribution in [0, 0.1) is 5.92 Å². The zero-order valence-electron chi connectivity index (χ0n) is 12.5. The van der Waals surface area contributed by atoms with Crippen LogP contribution in [0.5, 0.6) is 0 Å². The lowest BCUT2D eigenvalue weighted by molar-refractivity contribution is 0.0163. The molecule has 3 heteroatoms. The molecule has 2 rings (SSSR count). The lowest BCUT2D eigenvalue weighted by atomic mass is 9.83. The van der Waals surface area contributed by atoms with E-state index < -0.39 is 0 Å². The minimum absolute atomic E-state index is 0.371. The minimum Gasteiger partial charge on any atom is -0.379 e. The molecule has 1 heterocycles. The predicted molar refractivity (Wildman–Crippen MR) is 78.4 cm³/mol. The molecule has 0 aromatic carbocycles. The maximum Gasteiger partial charge on any atom is 0.0809 e. The van der Waals surface area contributed by atoms with Crippen LogP contribution < -0.4 is 5.32 Å². The van der Waals surface area contributed by atoms with Crippen LogP contribution in [0.1, 0.15) is 58.3 Å². The lowest BCUT2D eigenvalue weighted by Crippen LogP contribution is -2.39. The van der Waals surface area contributed by atoms with Crippen LogP contribution in [0.2, 0.25) is 0 Å². The van der Waals surface area contributed by atoms with Crippen molar-refractivity contribution in [1.29, 1.82) is 0 Å². The summed E-state index contributed by atoms with van der Waals surface area (Å²) in [6.07, 6.45) is 10.8. The molecule has 19 heavy (non-hydrogen) atoms. The summed E-state index contributed by atoms with van der Waals surface area (Å²) in [4.78, 5) is 0. The molecule has 0 amide bonds. The molecule has 1 aliphatic heterocycles. The fraction of sp³-hybridized carbons (Fsp3) is 1.00. The Balaban J connectivity index is 1.46. The highest BCUT2D eigenvalue weighted by Gasteiger charge is 2.22. The highest BCUT2D eigenvalue weighted by atomic mass is 16.5. The summed E-state index contributed by atoms with van der Waals surface area (Å²) in [5.74, 6) is 0.904. The smallest absolute Gasteiger partial charge is 0.0809 e. The van der Waals surface area contributed by atoms with Crippen molar-refractivity contribution in [2.75, 3.05) is 26.4 Å². The molecule has 0 aromatic rings. The van der Waals surface area contributed by atoms with Crippen LogP contribution in [0.15, 0.2) is 0 Å². The molecule has 0 aromatic heterocycles. The Morgan fingerprint density at radius 3 is 2.84 bits per heavy atom. The number of hydrogen-bond donors (Lipinski definition) is 1. The van der Waals surface area contributed by atoms with Gasteiger partial charge in [-0.1, -0.05) is 26.2 Å². The molecular formula is C16H31NO2. The Morgan fingerprint density at radius 2 is 2.05 bits per heavy atom. The molecule has 1 saturated heterocycles. The molecule has 1 N–H and O–H groups in total. The fourth-order valence-corrected chi connectivity index (χ4v) is 3.42. The fourth-order valence-electron chi connectivity index (χ4n) is 3.42. The van der Waals surface area contributed by atoms with Gasteiger partial charge >= 0.3 is 0 Å². The Kier molecular flexibility index (Phi) is 7.18. The molecule has 3 unspecified atom stereocenters. The second-order valence-electron chi connectivity index (χ2n) is 6.08. The van der Waals surface area contributed by atoms with Gasteiger partial charge in [0.25, 0.3) is 0 Å². The largest absolute Gasteiger partial charge is 0.379 e. The van der Waals surface area contributed by atoms with E-state index >= 15 is 0 Å². The standard InChI is InChI=1S/C16H31NO2/c1-2-14-7-3-4-9-16(14)17-10-6-11-18-13-15-8-5-12-19-15/h14-17H,2-13H2,1H3. The molecule has 3 atom stereocenters. The third kappa shape index (κ3) is 5.41. The maximum atomic E-state index is 5.70. The van der Waals surface area contributed by atoms with Gasteiger partial charge in [-0.2, -0.15) is 0 Å². The van der Waals surface area contributed by atoms with E-state index in [1.807, 2.05) is 0 Å². The summed E-state index contributed by atoms with van der Waals surface area (Å²) in [6, 6.07) is 0.761. The first-order valence-electron chi connectivity index (χ1n) is 8.33. The van der Waals surface area contributed by atoms with Gasteiger partial charge in [0.05, 0.1) is 12.7 Å². The van der Waals surface area contributed by atoms with Gasteiger partial charge < -0.3 is 14.8 Å². The summed E-state index contributed by atoms with van der Waals surface area (Å²) < 4.78 is 11.2. The minimum atomic E-state index is 0.371. The van der Waals surface area contributed by atoms with E-state index in [1.165, 1.54) is 44.9 Å². The zero-order chi connectivity index (χ0) is 13.3. The monoisotopic (exact) mass is 269 g/mol. The Morgan fingerprint density at radius 1 is 1.16 bits per heavy atom. The summed E-state index contributed by atoms with van der Waals surface area (Å²) in [7, 11) is 0. The number of nitrogens with one attached hydrogen (secondary N) is 1. The van der Waals surface area contributed by atoms with E-state index in [9.17, 15) is 0 Å². The van der Waals surface area contributed by atoms with Crippen molar-refractivity contribution < 1.29 is 9.47 Å². The van der Waals surface area contributed by atoms with E-state index in [0.29, 0.717) is 6.10 Å². The van der Waals surface area contributed by atoms with Crippen molar-refractivity contribution >= 4 is 0 Å². The normalized spacial score (nSPS) is 31.7. The van der Waals surface area contributed by atoms with Crippen molar-refractivity contribution in [3.05, 3.63) is 0 Å². The first-order chi connectivity index (χ1) is 9.40. The summed E-state index contributed by atoms with van der Waals surface area (Å²) in [5, 5.41) is 3.74. The molecule has 1 aliphatic carbocycles. The van der Waals surface area contributed by atoms with Crippen molar-refractivity contribution in [1.82, 2.24) is 5.32 Å². The van der Waals surface area contributed by atoms with Crippen LogP contribution in [-0.2, 0) is 9.47 Å². The van der Waals surface area contributed by atoms with Crippen LogP contribution in [-0.4, -0.2) is 38.5 Å². The van der Waals surface area contributed by atoms with Crippen LogP contribution in [0.3, 0.4) is 0 Å². The SMILES string of the molecule is CCC1CCCCC1NCCCOCC1CCCO1. The maximum absolute atomic E-state index is 5.70. The molecule has 3 nitrogen and oxygen atoms in total. The molecule has 2 fully saturated rings. The van der Waals surface area contributed by atoms with Gasteiger partial charge in [-0.3, -0.25) is 0 Å². The average Bonchev–Trinajstić information content (AvgIpc) is 2.96. The zero-order valence-corrected chi connectivity index (χ0v) is 12.5. The summed E-state index contributed by atoms with van der Waals surface area (Å²) in [6.45, 7) is 6.02. The second kappa shape index (κ2) is 8.93. The predicted octanol–water partition coefficient (Wildman–Crippen LogP) is 3.13. The van der Waals surface area contributed by atoms with Gasteiger partial charge in [0.2, 0.25) is 0 Å². The summed E-state index contributed by atoms with van der Waals surface area (Å²) in [5.41, 5.74) is 0. The topological polar surface area (TPSA) is 30.5 Å². The van der Waals surface area contributed by atoms with Crippen LogP contribution in [0.4, 0.5) is 0 Å². The van der Waals surface area contributed by atoms with Gasteiger partial charge in [-0.15, -0.1) is 0 Å². The van der Waals surface area contributed by atoms with Crippen molar-refractivity contribution in [3.63, 3.8) is 0 Å². The lowest BCUT2D eigenvalue weighted by Gasteiger charge is -2.31. The first-order valence-corrected chi connectivity index (χ1v) is 8.33. The van der Waals surface area contributed by atoms with Crippen molar-refractivity contribution in [2.45, 2.75) is 70.4 Å². The van der Waals surface area contributed by atoms with E-state index in [1.54, 1.807) is 0 Å².